The second-order valence-corrected chi connectivity index (χ2v) is 10.0. The van der Waals surface area contributed by atoms with Crippen molar-refractivity contribution >= 4 is 50.8 Å². The van der Waals surface area contributed by atoms with E-state index in [-0.39, 0.29) is 24.3 Å². The molecular weight excluding hydrogens is 498 g/mol. The molecule has 1 atom stereocenters. The third-order valence-corrected chi connectivity index (χ3v) is 7.57. The molecule has 5 rings (SSSR count). The highest BCUT2D eigenvalue weighted by atomic mass is 35.5. The first-order chi connectivity index (χ1) is 17.5. The largest absolute Gasteiger partial charge is 0.497 e. The van der Waals surface area contributed by atoms with Crippen LogP contribution in [0.4, 0.5) is 5.13 Å². The highest BCUT2D eigenvalue weighted by Crippen LogP contribution is 2.32. The van der Waals surface area contributed by atoms with Crippen LogP contribution < -0.4 is 9.64 Å². The van der Waals surface area contributed by atoms with Crippen molar-refractivity contribution in [1.82, 2.24) is 9.55 Å². The zero-order valence-corrected chi connectivity index (χ0v) is 21.6. The first-order valence-corrected chi connectivity index (χ1v) is 13.0. The topological polar surface area (TPSA) is 73.7 Å². The quantitative estimate of drug-likeness (QED) is 0.319. The fourth-order valence-corrected chi connectivity index (χ4v) is 5.46. The number of carbonyl (C=O) groups excluding carboxylic acids is 2. The summed E-state index contributed by atoms with van der Waals surface area (Å²) in [6, 6.07) is 12.4. The van der Waals surface area contributed by atoms with Crippen molar-refractivity contribution in [3.63, 3.8) is 0 Å². The minimum absolute atomic E-state index is 0.00753. The summed E-state index contributed by atoms with van der Waals surface area (Å²) in [6.45, 7) is 3.04. The molecular formula is C27H26ClN3O4S. The molecule has 1 fully saturated rings. The number of hydrogen-bond acceptors (Lipinski definition) is 6. The summed E-state index contributed by atoms with van der Waals surface area (Å²) in [7, 11) is 1.60. The lowest BCUT2D eigenvalue weighted by molar-refractivity contribution is -0.118. The van der Waals surface area contributed by atoms with Gasteiger partial charge in [-0.1, -0.05) is 11.6 Å². The van der Waals surface area contributed by atoms with E-state index in [0.717, 1.165) is 29.3 Å². The second kappa shape index (κ2) is 10.4. The maximum absolute atomic E-state index is 13.7. The molecule has 0 N–H and O–H groups in total. The Balaban J connectivity index is 1.55. The third-order valence-electron chi connectivity index (χ3n) is 6.53. The highest BCUT2D eigenvalue weighted by molar-refractivity contribution is 7.13. The highest BCUT2D eigenvalue weighted by Gasteiger charge is 2.28. The average molecular weight is 524 g/mol. The van der Waals surface area contributed by atoms with E-state index in [9.17, 15) is 9.59 Å². The smallest absolute Gasteiger partial charge is 0.262 e. The number of ether oxygens (including phenoxy) is 2. The third kappa shape index (κ3) is 4.76. The molecule has 1 aliphatic rings. The normalized spacial score (nSPS) is 15.4. The predicted octanol–water partition coefficient (Wildman–Crippen LogP) is 5.51. The fourth-order valence-electron chi connectivity index (χ4n) is 4.67. The van der Waals surface area contributed by atoms with Crippen LogP contribution >= 0.6 is 22.9 Å². The Morgan fingerprint density at radius 1 is 1.25 bits per heavy atom. The van der Waals surface area contributed by atoms with Gasteiger partial charge < -0.3 is 9.47 Å². The Kier molecular flexibility index (Phi) is 7.09. The van der Waals surface area contributed by atoms with Gasteiger partial charge in [-0.2, -0.15) is 0 Å². The van der Waals surface area contributed by atoms with Crippen LogP contribution in [0.5, 0.6) is 5.75 Å². The number of thiazole rings is 1. The predicted molar refractivity (Wildman–Crippen MR) is 142 cm³/mol. The molecule has 2 aromatic heterocycles. The number of carbonyl (C=O) groups is 2. The number of fused-ring (bicyclic) bond motifs is 1. The van der Waals surface area contributed by atoms with Crippen molar-refractivity contribution < 1.29 is 19.1 Å². The second-order valence-electron chi connectivity index (χ2n) is 8.73. The van der Waals surface area contributed by atoms with Gasteiger partial charge in [0.2, 0.25) is 5.91 Å². The van der Waals surface area contributed by atoms with Crippen molar-refractivity contribution in [3.8, 4) is 5.75 Å². The summed E-state index contributed by atoms with van der Waals surface area (Å²) in [5.74, 6) is 0.377. The Labute approximate surface area is 218 Å². The molecule has 186 valence electrons. The number of nitrogens with zero attached hydrogens (tertiary/aromatic N) is 3. The molecule has 0 spiro atoms. The lowest BCUT2D eigenvalue weighted by Crippen LogP contribution is -2.38. The van der Waals surface area contributed by atoms with Gasteiger partial charge in [0.15, 0.2) is 5.13 Å². The number of halogens is 1. The summed E-state index contributed by atoms with van der Waals surface area (Å²) >= 11 is 7.45. The van der Waals surface area contributed by atoms with Crippen molar-refractivity contribution in [2.75, 3.05) is 25.2 Å². The number of amides is 1. The number of methoxy groups -OCH3 is 1. The summed E-state index contributed by atoms with van der Waals surface area (Å²) < 4.78 is 12.9. The molecule has 1 unspecified atom stereocenters. The molecule has 7 nitrogen and oxygen atoms in total. The standard InChI is InChI=1S/C27H26ClN3O4S/c1-17-22(15-25(32)30(27-29-11-13-36-27)16-21-4-3-12-35-21)23-14-20(34-2)9-10-24(23)31(17)26(33)18-5-7-19(28)8-6-18/h5-11,13-14,21H,3-4,12,15-16H2,1-2H3. The van der Waals surface area contributed by atoms with Crippen LogP contribution in [-0.2, 0) is 16.0 Å². The molecule has 3 heterocycles. The van der Waals surface area contributed by atoms with Crippen LogP contribution in [-0.4, -0.2) is 47.7 Å². The molecule has 1 amide bonds. The van der Waals surface area contributed by atoms with E-state index in [2.05, 4.69) is 4.98 Å². The van der Waals surface area contributed by atoms with Gasteiger partial charge in [0.05, 0.1) is 31.7 Å². The number of aromatic nitrogens is 2. The van der Waals surface area contributed by atoms with E-state index in [1.807, 2.05) is 30.5 Å². The number of benzene rings is 2. The molecule has 0 radical (unpaired) electrons. The minimum atomic E-state index is -0.186. The summed E-state index contributed by atoms with van der Waals surface area (Å²) in [5, 5.41) is 3.87. The van der Waals surface area contributed by atoms with Gasteiger partial charge >= 0.3 is 0 Å². The van der Waals surface area contributed by atoms with Crippen molar-refractivity contribution in [2.24, 2.45) is 0 Å². The molecule has 36 heavy (non-hydrogen) atoms. The Hall–Kier alpha value is -3.20. The molecule has 0 aliphatic carbocycles. The molecule has 4 aromatic rings. The molecule has 9 heteroatoms. The zero-order chi connectivity index (χ0) is 25.2. The lowest BCUT2D eigenvalue weighted by atomic mass is 10.1. The van der Waals surface area contributed by atoms with Gasteiger partial charge in [0, 0.05) is 39.9 Å². The Morgan fingerprint density at radius 2 is 2.06 bits per heavy atom. The maximum Gasteiger partial charge on any atom is 0.262 e. The van der Waals surface area contributed by atoms with Crippen molar-refractivity contribution in [2.45, 2.75) is 32.3 Å². The number of rotatable bonds is 7. The van der Waals surface area contributed by atoms with Gasteiger partial charge in [0.25, 0.3) is 5.91 Å². The van der Waals surface area contributed by atoms with Crippen LogP contribution in [0.25, 0.3) is 10.9 Å². The number of anilines is 1. The first-order valence-electron chi connectivity index (χ1n) is 11.8. The van der Waals surface area contributed by atoms with Gasteiger partial charge in [-0.3, -0.25) is 19.1 Å². The zero-order valence-electron chi connectivity index (χ0n) is 20.1. The van der Waals surface area contributed by atoms with Crippen molar-refractivity contribution in [1.29, 1.82) is 0 Å². The summed E-state index contributed by atoms with van der Waals surface area (Å²) in [6.07, 6.45) is 3.71. The molecule has 1 saturated heterocycles. The van der Waals surface area contributed by atoms with Gasteiger partial charge in [0.1, 0.15) is 5.75 Å². The van der Waals surface area contributed by atoms with Crippen LogP contribution in [0.15, 0.2) is 54.0 Å². The summed E-state index contributed by atoms with van der Waals surface area (Å²) in [5.41, 5.74) is 2.72. The van der Waals surface area contributed by atoms with Crippen molar-refractivity contribution in [3.05, 3.63) is 75.9 Å². The Bertz CT molecular complexity index is 1390. The molecule has 0 saturated carbocycles. The van der Waals surface area contributed by atoms with Gasteiger partial charge in [-0.05, 0) is 67.8 Å². The van der Waals surface area contributed by atoms with E-state index in [4.69, 9.17) is 21.1 Å². The van der Waals surface area contributed by atoms with E-state index in [1.54, 1.807) is 47.0 Å². The first kappa shape index (κ1) is 24.5. The van der Waals surface area contributed by atoms with Crippen LogP contribution in [0.3, 0.4) is 0 Å². The molecule has 2 aromatic carbocycles. The lowest BCUT2D eigenvalue weighted by Gasteiger charge is -2.23. The van der Waals surface area contributed by atoms with E-state index in [0.29, 0.717) is 40.3 Å². The number of hydrogen-bond donors (Lipinski definition) is 0. The van der Waals surface area contributed by atoms with Crippen LogP contribution in [0.2, 0.25) is 5.02 Å². The summed E-state index contributed by atoms with van der Waals surface area (Å²) in [4.78, 5) is 33.4. The molecule has 0 bridgehead atoms. The monoisotopic (exact) mass is 523 g/mol. The fraction of sp³-hybridized carbons (Fsp3) is 0.296. The van der Waals surface area contributed by atoms with Crippen LogP contribution in [0.1, 0.15) is 34.5 Å². The van der Waals surface area contributed by atoms with Gasteiger partial charge in [-0.15, -0.1) is 11.3 Å². The van der Waals surface area contributed by atoms with E-state index >= 15 is 0 Å². The van der Waals surface area contributed by atoms with E-state index in [1.165, 1.54) is 11.3 Å². The molecule has 1 aliphatic heterocycles. The Morgan fingerprint density at radius 3 is 2.72 bits per heavy atom. The van der Waals surface area contributed by atoms with Gasteiger partial charge in [-0.25, -0.2) is 4.98 Å². The van der Waals surface area contributed by atoms with E-state index < -0.39 is 0 Å². The van der Waals surface area contributed by atoms with Crippen LogP contribution in [0, 0.1) is 6.92 Å². The SMILES string of the molecule is COc1ccc2c(c1)c(CC(=O)N(CC1CCCO1)c1nccs1)c(C)n2C(=O)c1ccc(Cl)cc1. The average Bonchev–Trinajstić information content (AvgIpc) is 3.64. The minimum Gasteiger partial charge on any atom is -0.497 e. The maximum atomic E-state index is 13.7.